The highest BCUT2D eigenvalue weighted by molar-refractivity contribution is 5.83. The summed E-state index contributed by atoms with van der Waals surface area (Å²) in [5.74, 6) is 1.75. The van der Waals surface area contributed by atoms with Crippen molar-refractivity contribution < 1.29 is 4.74 Å². The van der Waals surface area contributed by atoms with E-state index in [1.807, 2.05) is 41.1 Å². The highest BCUT2D eigenvalue weighted by Crippen LogP contribution is 2.25. The number of hydrogen-bond donors (Lipinski definition) is 1. The van der Waals surface area contributed by atoms with Crippen LogP contribution in [0.4, 0.5) is 5.95 Å². The van der Waals surface area contributed by atoms with Crippen LogP contribution in [-0.4, -0.2) is 21.6 Å². The molecule has 0 radical (unpaired) electrons. The third-order valence-electron chi connectivity index (χ3n) is 4.16. The summed E-state index contributed by atoms with van der Waals surface area (Å²) in [6, 6.07) is 16.0. The van der Waals surface area contributed by atoms with Gasteiger partial charge in [0, 0.05) is 29.4 Å². The highest BCUT2D eigenvalue weighted by Gasteiger charge is 2.09. The summed E-state index contributed by atoms with van der Waals surface area (Å²) in [5, 5.41) is 2.32. The van der Waals surface area contributed by atoms with E-state index in [0.29, 0.717) is 0 Å². The molecule has 5 nitrogen and oxygen atoms in total. The van der Waals surface area contributed by atoms with Crippen molar-refractivity contribution in [3.63, 3.8) is 0 Å². The summed E-state index contributed by atoms with van der Waals surface area (Å²) < 4.78 is 7.27. The van der Waals surface area contributed by atoms with E-state index in [-0.39, 0.29) is 5.95 Å². The van der Waals surface area contributed by atoms with E-state index in [2.05, 4.69) is 41.3 Å². The van der Waals surface area contributed by atoms with Crippen LogP contribution in [-0.2, 0) is 0 Å². The number of nitrogen functional groups attached to an aromatic ring is 1. The molecule has 0 unspecified atom stereocenters. The van der Waals surface area contributed by atoms with Gasteiger partial charge in [0.25, 0.3) is 0 Å². The highest BCUT2D eigenvalue weighted by atomic mass is 16.5. The molecule has 0 aliphatic rings. The molecule has 4 aromatic rings. The molecule has 0 amide bonds. The molecule has 2 aromatic carbocycles. The Morgan fingerprint density at radius 2 is 1.80 bits per heavy atom. The van der Waals surface area contributed by atoms with Crippen molar-refractivity contribution in [1.82, 2.24) is 14.5 Å². The molecule has 0 spiro atoms. The van der Waals surface area contributed by atoms with Crippen molar-refractivity contribution in [3.05, 3.63) is 66.5 Å². The second kappa shape index (κ2) is 5.94. The van der Waals surface area contributed by atoms with Gasteiger partial charge < -0.3 is 15.0 Å². The van der Waals surface area contributed by atoms with Crippen LogP contribution in [0.25, 0.3) is 27.8 Å². The number of aryl methyl sites for hydroxylation is 1. The lowest BCUT2D eigenvalue weighted by atomic mass is 10.1. The third-order valence-corrected chi connectivity index (χ3v) is 4.16. The van der Waals surface area contributed by atoms with Crippen LogP contribution in [0.1, 0.15) is 5.56 Å². The van der Waals surface area contributed by atoms with E-state index in [1.165, 1.54) is 10.9 Å². The standard InChI is InChI=1S/C20H18N4O/c1-13-6-7-15-11-24(12-16(15)8-13)19-10-18(22-20(21)23-19)14-4-3-5-17(9-14)25-2/h3-12H,1-2H3,(H2,21,22,23). The van der Waals surface area contributed by atoms with Gasteiger partial charge in [-0.15, -0.1) is 0 Å². The number of aromatic nitrogens is 3. The van der Waals surface area contributed by atoms with Crippen molar-refractivity contribution in [2.45, 2.75) is 6.92 Å². The molecule has 2 heterocycles. The summed E-state index contributed by atoms with van der Waals surface area (Å²) in [5.41, 5.74) is 8.87. The maximum atomic E-state index is 5.96. The first-order chi connectivity index (χ1) is 12.1. The molecule has 0 aliphatic carbocycles. The molecule has 2 N–H and O–H groups in total. The van der Waals surface area contributed by atoms with Crippen LogP contribution in [0.2, 0.25) is 0 Å². The van der Waals surface area contributed by atoms with Gasteiger partial charge in [-0.25, -0.2) is 4.98 Å². The van der Waals surface area contributed by atoms with E-state index < -0.39 is 0 Å². The molecular weight excluding hydrogens is 312 g/mol. The Balaban J connectivity index is 1.83. The predicted octanol–water partition coefficient (Wildman–Crippen LogP) is 3.99. The number of rotatable bonds is 3. The van der Waals surface area contributed by atoms with Gasteiger partial charge in [0.05, 0.1) is 12.8 Å². The Morgan fingerprint density at radius 3 is 2.64 bits per heavy atom. The Bertz CT molecular complexity index is 1070. The number of benzene rings is 2. The normalized spacial score (nSPS) is 11.0. The number of methoxy groups -OCH3 is 1. The molecule has 124 valence electrons. The molecule has 25 heavy (non-hydrogen) atoms. The van der Waals surface area contributed by atoms with Gasteiger partial charge in [-0.3, -0.25) is 0 Å². The van der Waals surface area contributed by atoms with Crippen molar-refractivity contribution >= 4 is 16.7 Å². The number of anilines is 1. The molecule has 2 aromatic heterocycles. The van der Waals surface area contributed by atoms with Crippen LogP contribution >= 0.6 is 0 Å². The predicted molar refractivity (Wildman–Crippen MR) is 100 cm³/mol. The summed E-state index contributed by atoms with van der Waals surface area (Å²) in [7, 11) is 1.65. The average Bonchev–Trinajstić information content (AvgIpc) is 3.04. The zero-order valence-corrected chi connectivity index (χ0v) is 14.1. The molecule has 0 aliphatic heterocycles. The van der Waals surface area contributed by atoms with Crippen LogP contribution in [0, 0.1) is 6.92 Å². The molecule has 0 saturated carbocycles. The fourth-order valence-electron chi connectivity index (χ4n) is 2.91. The summed E-state index contributed by atoms with van der Waals surface area (Å²) in [6.07, 6.45) is 4.10. The minimum absolute atomic E-state index is 0.240. The topological polar surface area (TPSA) is 66.0 Å². The first-order valence-corrected chi connectivity index (χ1v) is 8.00. The third kappa shape index (κ3) is 2.92. The summed E-state index contributed by atoms with van der Waals surface area (Å²) >= 11 is 0. The van der Waals surface area contributed by atoms with Gasteiger partial charge in [-0.2, -0.15) is 4.98 Å². The maximum Gasteiger partial charge on any atom is 0.222 e. The fraction of sp³-hybridized carbons (Fsp3) is 0.100. The monoisotopic (exact) mass is 330 g/mol. The van der Waals surface area contributed by atoms with Gasteiger partial charge in [0.15, 0.2) is 0 Å². The Morgan fingerprint density at radius 1 is 0.960 bits per heavy atom. The van der Waals surface area contributed by atoms with Gasteiger partial charge in [0.2, 0.25) is 5.95 Å². The first-order valence-electron chi connectivity index (χ1n) is 8.00. The van der Waals surface area contributed by atoms with E-state index in [9.17, 15) is 0 Å². The van der Waals surface area contributed by atoms with Crippen molar-refractivity contribution in [3.8, 4) is 22.8 Å². The summed E-state index contributed by atoms with van der Waals surface area (Å²) in [4.78, 5) is 8.76. The second-order valence-corrected chi connectivity index (χ2v) is 6.00. The van der Waals surface area contributed by atoms with Crippen LogP contribution in [0.15, 0.2) is 60.9 Å². The molecule has 0 atom stereocenters. The van der Waals surface area contributed by atoms with E-state index in [1.54, 1.807) is 7.11 Å². The molecular formula is C20H18N4O. The van der Waals surface area contributed by atoms with Crippen LogP contribution < -0.4 is 10.5 Å². The Kier molecular flexibility index (Phi) is 3.61. The SMILES string of the molecule is COc1cccc(-c2cc(-n3cc4ccc(C)cc4c3)nc(N)n2)c1. The zero-order chi connectivity index (χ0) is 17.4. The van der Waals surface area contributed by atoms with Crippen LogP contribution in [0.3, 0.4) is 0 Å². The largest absolute Gasteiger partial charge is 0.497 e. The number of nitrogens with two attached hydrogens (primary N) is 1. The van der Waals surface area contributed by atoms with Gasteiger partial charge in [0.1, 0.15) is 11.6 Å². The lowest BCUT2D eigenvalue weighted by Crippen LogP contribution is -2.02. The minimum Gasteiger partial charge on any atom is -0.497 e. The van der Waals surface area contributed by atoms with E-state index in [0.717, 1.165) is 28.2 Å². The average molecular weight is 330 g/mol. The first kappa shape index (κ1) is 15.2. The van der Waals surface area contributed by atoms with Crippen molar-refractivity contribution in [2.75, 3.05) is 12.8 Å². The molecule has 0 bridgehead atoms. The maximum absolute atomic E-state index is 5.96. The van der Waals surface area contributed by atoms with E-state index in [4.69, 9.17) is 10.5 Å². The number of hydrogen-bond acceptors (Lipinski definition) is 4. The quantitative estimate of drug-likeness (QED) is 0.617. The number of ether oxygens (including phenoxy) is 1. The van der Waals surface area contributed by atoms with E-state index >= 15 is 0 Å². The lowest BCUT2D eigenvalue weighted by Gasteiger charge is -2.08. The molecule has 5 heteroatoms. The minimum atomic E-state index is 0.240. The molecule has 0 fully saturated rings. The van der Waals surface area contributed by atoms with Gasteiger partial charge in [-0.1, -0.05) is 29.8 Å². The number of fused-ring (bicyclic) bond motifs is 1. The van der Waals surface area contributed by atoms with Crippen molar-refractivity contribution in [2.24, 2.45) is 0 Å². The van der Waals surface area contributed by atoms with Gasteiger partial charge >= 0.3 is 0 Å². The molecule has 0 saturated heterocycles. The number of nitrogens with zero attached hydrogens (tertiary/aromatic N) is 3. The zero-order valence-electron chi connectivity index (χ0n) is 14.1. The summed E-state index contributed by atoms with van der Waals surface area (Å²) in [6.45, 7) is 2.08. The van der Waals surface area contributed by atoms with Gasteiger partial charge in [-0.05, 0) is 30.5 Å². The van der Waals surface area contributed by atoms with Crippen molar-refractivity contribution in [1.29, 1.82) is 0 Å². The second-order valence-electron chi connectivity index (χ2n) is 6.00. The van der Waals surface area contributed by atoms with Crippen LogP contribution in [0.5, 0.6) is 5.75 Å². The fourth-order valence-corrected chi connectivity index (χ4v) is 2.91. The Hall–Kier alpha value is -3.34. The Labute approximate surface area is 145 Å². The smallest absolute Gasteiger partial charge is 0.222 e. The molecule has 4 rings (SSSR count). The lowest BCUT2D eigenvalue weighted by molar-refractivity contribution is 0.415.